The van der Waals surface area contributed by atoms with Gasteiger partial charge in [0.25, 0.3) is 0 Å². The molecule has 3 N–H and O–H groups in total. The fourth-order valence-electron chi connectivity index (χ4n) is 1.46. The molecule has 0 aliphatic heterocycles. The Bertz CT molecular complexity index is 452. The van der Waals surface area contributed by atoms with Crippen LogP contribution in [0.5, 0.6) is 0 Å². The highest BCUT2D eigenvalue weighted by atomic mass is 32.2. The van der Waals surface area contributed by atoms with Crippen molar-refractivity contribution in [1.82, 2.24) is 0 Å². The van der Waals surface area contributed by atoms with Gasteiger partial charge in [-0.15, -0.1) is 0 Å². The first-order chi connectivity index (χ1) is 6.80. The number of hydrogen-bond donors (Lipinski definition) is 2. The van der Waals surface area contributed by atoms with E-state index in [0.717, 1.165) is 5.56 Å². The maximum absolute atomic E-state index is 11.2. The predicted molar refractivity (Wildman–Crippen MR) is 57.9 cm³/mol. The first kappa shape index (κ1) is 12.2. The molecule has 0 spiro atoms. The van der Waals surface area contributed by atoms with Crippen molar-refractivity contribution in [2.45, 2.75) is 31.3 Å². The summed E-state index contributed by atoms with van der Waals surface area (Å²) in [6, 6.07) is 4.89. The van der Waals surface area contributed by atoms with Crippen molar-refractivity contribution in [1.29, 1.82) is 0 Å². The second-order valence-electron chi connectivity index (χ2n) is 3.71. The third-order valence-corrected chi connectivity index (χ3v) is 3.05. The van der Waals surface area contributed by atoms with E-state index >= 15 is 0 Å². The van der Waals surface area contributed by atoms with Gasteiger partial charge < -0.3 is 5.11 Å². The standard InChI is InChI=1S/C10H15NO3S/c1-7-3-4-10(15(11,13)14)9(5-7)6-8(2)12/h3-5,8,12H,6H2,1-2H3,(H2,11,13,14)/t8-/m0/s1. The highest BCUT2D eigenvalue weighted by Crippen LogP contribution is 2.17. The minimum Gasteiger partial charge on any atom is -0.393 e. The van der Waals surface area contributed by atoms with Crippen LogP contribution in [-0.2, 0) is 16.4 Å². The molecule has 1 aromatic carbocycles. The van der Waals surface area contributed by atoms with Gasteiger partial charge in [-0.3, -0.25) is 0 Å². The molecule has 1 rings (SSSR count). The second kappa shape index (κ2) is 4.30. The summed E-state index contributed by atoms with van der Waals surface area (Å²) in [4.78, 5) is 0.0917. The van der Waals surface area contributed by atoms with Gasteiger partial charge in [0.05, 0.1) is 11.0 Å². The predicted octanol–water partition coefficient (Wildman–Crippen LogP) is 0.566. The van der Waals surface area contributed by atoms with Gasteiger partial charge in [-0.05, 0) is 31.9 Å². The zero-order valence-electron chi connectivity index (χ0n) is 8.77. The number of sulfonamides is 1. The highest BCUT2D eigenvalue weighted by Gasteiger charge is 2.14. The van der Waals surface area contributed by atoms with Gasteiger partial charge in [-0.2, -0.15) is 0 Å². The van der Waals surface area contributed by atoms with Crippen LogP contribution in [0.2, 0.25) is 0 Å². The van der Waals surface area contributed by atoms with Crippen LogP contribution in [0.15, 0.2) is 23.1 Å². The largest absolute Gasteiger partial charge is 0.393 e. The molecule has 0 saturated heterocycles. The number of aliphatic hydroxyl groups excluding tert-OH is 1. The first-order valence-corrected chi connectivity index (χ1v) is 6.15. The molecule has 5 heteroatoms. The summed E-state index contributed by atoms with van der Waals surface area (Å²) in [5.41, 5.74) is 1.51. The van der Waals surface area contributed by atoms with Crippen LogP contribution in [0.1, 0.15) is 18.1 Å². The van der Waals surface area contributed by atoms with E-state index in [1.807, 2.05) is 6.92 Å². The zero-order chi connectivity index (χ0) is 11.6. The second-order valence-corrected chi connectivity index (χ2v) is 5.24. The Morgan fingerprint density at radius 2 is 2.07 bits per heavy atom. The minimum absolute atomic E-state index is 0.0917. The molecule has 0 aliphatic rings. The molecule has 0 radical (unpaired) electrons. The molecule has 0 aromatic heterocycles. The van der Waals surface area contributed by atoms with Gasteiger partial charge in [-0.1, -0.05) is 17.7 Å². The molecular formula is C10H15NO3S. The normalized spacial score (nSPS) is 13.9. The monoisotopic (exact) mass is 229 g/mol. The summed E-state index contributed by atoms with van der Waals surface area (Å²) < 4.78 is 22.5. The van der Waals surface area contributed by atoms with E-state index in [2.05, 4.69) is 0 Å². The molecule has 1 atom stereocenters. The number of benzene rings is 1. The van der Waals surface area contributed by atoms with E-state index in [9.17, 15) is 13.5 Å². The average Bonchev–Trinajstić information content (AvgIpc) is 1.99. The molecule has 0 fully saturated rings. The Morgan fingerprint density at radius 3 is 2.53 bits per heavy atom. The number of aliphatic hydroxyl groups is 1. The lowest BCUT2D eigenvalue weighted by Crippen LogP contribution is -2.16. The number of hydrogen-bond acceptors (Lipinski definition) is 3. The van der Waals surface area contributed by atoms with Gasteiger partial charge >= 0.3 is 0 Å². The lowest BCUT2D eigenvalue weighted by atomic mass is 10.1. The van der Waals surface area contributed by atoms with Crippen molar-refractivity contribution in [3.63, 3.8) is 0 Å². The number of primary sulfonamides is 1. The highest BCUT2D eigenvalue weighted by molar-refractivity contribution is 7.89. The van der Waals surface area contributed by atoms with Crippen LogP contribution in [0.3, 0.4) is 0 Å². The van der Waals surface area contributed by atoms with Gasteiger partial charge in [-0.25, -0.2) is 13.6 Å². The van der Waals surface area contributed by atoms with Crippen molar-refractivity contribution in [3.05, 3.63) is 29.3 Å². The molecule has 0 unspecified atom stereocenters. The fraction of sp³-hybridized carbons (Fsp3) is 0.400. The van der Waals surface area contributed by atoms with Crippen molar-refractivity contribution >= 4 is 10.0 Å². The summed E-state index contributed by atoms with van der Waals surface area (Å²) in [6.45, 7) is 3.47. The van der Waals surface area contributed by atoms with Crippen molar-refractivity contribution in [3.8, 4) is 0 Å². The molecule has 15 heavy (non-hydrogen) atoms. The van der Waals surface area contributed by atoms with Crippen LogP contribution in [0.4, 0.5) is 0 Å². The lowest BCUT2D eigenvalue weighted by molar-refractivity contribution is 0.194. The molecule has 4 nitrogen and oxygen atoms in total. The van der Waals surface area contributed by atoms with Gasteiger partial charge in [0.2, 0.25) is 10.0 Å². The van der Waals surface area contributed by atoms with Crippen molar-refractivity contribution in [2.24, 2.45) is 5.14 Å². The van der Waals surface area contributed by atoms with E-state index in [-0.39, 0.29) is 11.3 Å². The first-order valence-electron chi connectivity index (χ1n) is 4.61. The number of nitrogens with two attached hydrogens (primary N) is 1. The summed E-state index contributed by atoms with van der Waals surface area (Å²) in [5, 5.41) is 14.3. The molecule has 84 valence electrons. The third kappa shape index (κ3) is 3.30. The molecule has 0 bridgehead atoms. The van der Waals surface area contributed by atoms with Crippen LogP contribution < -0.4 is 5.14 Å². The third-order valence-electron chi connectivity index (χ3n) is 2.04. The summed E-state index contributed by atoms with van der Waals surface area (Å²) in [5.74, 6) is 0. The van der Waals surface area contributed by atoms with E-state index in [1.165, 1.54) is 6.07 Å². The van der Waals surface area contributed by atoms with Crippen molar-refractivity contribution < 1.29 is 13.5 Å². The average molecular weight is 229 g/mol. The van der Waals surface area contributed by atoms with E-state index in [4.69, 9.17) is 5.14 Å². The Kier molecular flexibility index (Phi) is 3.49. The van der Waals surface area contributed by atoms with E-state index in [0.29, 0.717) is 5.56 Å². The Labute approximate surface area is 89.8 Å². The maximum atomic E-state index is 11.2. The summed E-state index contributed by atoms with van der Waals surface area (Å²) >= 11 is 0. The quantitative estimate of drug-likeness (QED) is 0.795. The van der Waals surface area contributed by atoms with Gasteiger partial charge in [0.1, 0.15) is 0 Å². The smallest absolute Gasteiger partial charge is 0.238 e. The number of aryl methyl sites for hydroxylation is 1. The van der Waals surface area contributed by atoms with E-state index in [1.54, 1.807) is 19.1 Å². The Hall–Kier alpha value is -0.910. The van der Waals surface area contributed by atoms with Gasteiger partial charge in [0.15, 0.2) is 0 Å². The van der Waals surface area contributed by atoms with Crippen molar-refractivity contribution in [2.75, 3.05) is 0 Å². The Morgan fingerprint density at radius 1 is 1.47 bits per heavy atom. The molecule has 0 heterocycles. The number of rotatable bonds is 3. The fourth-order valence-corrected chi connectivity index (χ4v) is 2.23. The maximum Gasteiger partial charge on any atom is 0.238 e. The summed E-state index contributed by atoms with van der Waals surface area (Å²) in [7, 11) is -3.71. The van der Waals surface area contributed by atoms with Crippen LogP contribution in [-0.4, -0.2) is 19.6 Å². The van der Waals surface area contributed by atoms with E-state index < -0.39 is 16.1 Å². The SMILES string of the molecule is Cc1ccc(S(N)(=O)=O)c(C[C@H](C)O)c1. The summed E-state index contributed by atoms with van der Waals surface area (Å²) in [6.07, 6.45) is -0.305. The molecular weight excluding hydrogens is 214 g/mol. The molecule has 0 saturated carbocycles. The lowest BCUT2D eigenvalue weighted by Gasteiger charge is -2.10. The molecule has 1 aromatic rings. The molecule has 0 amide bonds. The van der Waals surface area contributed by atoms with Gasteiger partial charge in [0, 0.05) is 0 Å². The molecule has 0 aliphatic carbocycles. The van der Waals surface area contributed by atoms with Crippen LogP contribution in [0, 0.1) is 6.92 Å². The zero-order valence-corrected chi connectivity index (χ0v) is 9.58. The minimum atomic E-state index is -3.71. The topological polar surface area (TPSA) is 80.4 Å². The Balaban J connectivity index is 3.27. The van der Waals surface area contributed by atoms with Crippen LogP contribution in [0.25, 0.3) is 0 Å². The van der Waals surface area contributed by atoms with Crippen LogP contribution >= 0.6 is 0 Å².